The molecule has 3 amide bonds. The van der Waals surface area contributed by atoms with E-state index in [0.717, 1.165) is 42.8 Å². The molecule has 0 atom stereocenters. The largest absolute Gasteiger partial charge is 0.368 e. The predicted octanol–water partition coefficient (Wildman–Crippen LogP) is 1.63. The Balaban J connectivity index is 1.44. The van der Waals surface area contributed by atoms with Crippen molar-refractivity contribution in [1.29, 1.82) is 0 Å². The highest BCUT2D eigenvalue weighted by molar-refractivity contribution is 8.18. The maximum absolute atomic E-state index is 12.4. The fourth-order valence-electron chi connectivity index (χ4n) is 3.44. The Morgan fingerprint density at radius 1 is 1.10 bits per heavy atom. The number of nitrogens with two attached hydrogens (primary N) is 1. The molecule has 0 unspecified atom stereocenters. The average Bonchev–Trinajstić information content (AvgIpc) is 3.01. The number of piperazine rings is 1. The number of aryl methyl sites for hydroxylation is 1. The molecule has 4 rings (SSSR count). The Morgan fingerprint density at radius 3 is 2.45 bits per heavy atom. The van der Waals surface area contributed by atoms with Gasteiger partial charge in [0.2, 0.25) is 11.9 Å². The molecule has 0 radical (unpaired) electrons. The second-order valence-electron chi connectivity index (χ2n) is 7.33. The normalized spacial score (nSPS) is 18.2. The van der Waals surface area contributed by atoms with Gasteiger partial charge in [-0.15, -0.1) is 0 Å². The zero-order chi connectivity index (χ0) is 22.0. The van der Waals surface area contributed by atoms with E-state index in [0.29, 0.717) is 11.6 Å². The average molecular weight is 439 g/mol. The standard InChI is InChI=1S/C21H22N6O3S/c1-14-2-4-16(5-3-14)25-8-10-26(11-9-25)20-23-7-6-15(24-20)12-17-19(29)27(13-18(22)28)21(30)31-17/h2-7,12H,8-11,13H2,1H3,(H2,22,28)/b17-12+. The van der Waals surface area contributed by atoms with Gasteiger partial charge in [0, 0.05) is 38.1 Å². The van der Waals surface area contributed by atoms with Gasteiger partial charge in [-0.3, -0.25) is 19.3 Å². The minimum atomic E-state index is -0.738. The van der Waals surface area contributed by atoms with E-state index in [9.17, 15) is 14.4 Å². The molecular weight excluding hydrogens is 416 g/mol. The fraction of sp³-hybridized carbons (Fsp3) is 0.286. The van der Waals surface area contributed by atoms with Gasteiger partial charge in [0.1, 0.15) is 6.54 Å². The number of nitrogens with zero attached hydrogens (tertiary/aromatic N) is 5. The van der Waals surface area contributed by atoms with Crippen LogP contribution in [0.2, 0.25) is 0 Å². The second-order valence-corrected chi connectivity index (χ2v) is 8.32. The molecule has 9 nitrogen and oxygen atoms in total. The molecular formula is C21H22N6O3S. The van der Waals surface area contributed by atoms with E-state index in [2.05, 4.69) is 51.0 Å². The van der Waals surface area contributed by atoms with Gasteiger partial charge in [-0.25, -0.2) is 9.97 Å². The Labute approximate surface area is 183 Å². The summed E-state index contributed by atoms with van der Waals surface area (Å²) in [6.45, 7) is 4.89. The van der Waals surface area contributed by atoms with Crippen molar-refractivity contribution in [3.8, 4) is 0 Å². The Kier molecular flexibility index (Phi) is 5.90. The number of benzene rings is 1. The maximum atomic E-state index is 12.4. The summed E-state index contributed by atoms with van der Waals surface area (Å²) in [7, 11) is 0. The van der Waals surface area contributed by atoms with Crippen LogP contribution in [0.4, 0.5) is 16.4 Å². The van der Waals surface area contributed by atoms with Gasteiger partial charge < -0.3 is 15.5 Å². The first-order chi connectivity index (χ1) is 14.9. The monoisotopic (exact) mass is 438 g/mol. The summed E-state index contributed by atoms with van der Waals surface area (Å²) in [4.78, 5) is 49.8. The summed E-state index contributed by atoms with van der Waals surface area (Å²) >= 11 is 0.769. The first-order valence-electron chi connectivity index (χ1n) is 9.84. The number of primary amides is 1. The number of carbonyl (C=O) groups excluding carboxylic acids is 3. The summed E-state index contributed by atoms with van der Waals surface area (Å²) in [5, 5.41) is -0.517. The molecule has 31 heavy (non-hydrogen) atoms. The molecule has 1 aromatic carbocycles. The van der Waals surface area contributed by atoms with Crippen molar-refractivity contribution in [2.45, 2.75) is 6.92 Å². The number of aromatic nitrogens is 2. The molecule has 0 spiro atoms. The molecule has 2 aliphatic heterocycles. The van der Waals surface area contributed by atoms with Crippen molar-refractivity contribution in [1.82, 2.24) is 14.9 Å². The first kappa shape index (κ1) is 20.9. The van der Waals surface area contributed by atoms with Crippen molar-refractivity contribution in [3.05, 3.63) is 52.7 Å². The van der Waals surface area contributed by atoms with Crippen molar-refractivity contribution < 1.29 is 14.4 Å². The Morgan fingerprint density at radius 2 is 1.77 bits per heavy atom. The summed E-state index contributed by atoms with van der Waals surface area (Å²) in [6, 6.07) is 10.2. The van der Waals surface area contributed by atoms with Crippen LogP contribution in [0.15, 0.2) is 41.4 Å². The third-order valence-electron chi connectivity index (χ3n) is 5.09. The Bertz CT molecular complexity index is 1050. The van der Waals surface area contributed by atoms with Crippen LogP contribution in [-0.2, 0) is 9.59 Å². The van der Waals surface area contributed by atoms with Crippen LogP contribution in [0.25, 0.3) is 6.08 Å². The van der Waals surface area contributed by atoms with Crippen LogP contribution >= 0.6 is 11.8 Å². The van der Waals surface area contributed by atoms with Crippen LogP contribution in [0.1, 0.15) is 11.3 Å². The lowest BCUT2D eigenvalue weighted by Gasteiger charge is -2.36. The van der Waals surface area contributed by atoms with Gasteiger partial charge in [-0.05, 0) is 43.0 Å². The van der Waals surface area contributed by atoms with E-state index in [4.69, 9.17) is 5.73 Å². The molecule has 160 valence electrons. The molecule has 0 aliphatic carbocycles. The molecule has 2 saturated heterocycles. The molecule has 2 aromatic rings. The molecule has 10 heteroatoms. The molecule has 0 saturated carbocycles. The molecule has 2 N–H and O–H groups in total. The third-order valence-corrected chi connectivity index (χ3v) is 6.00. The summed E-state index contributed by atoms with van der Waals surface area (Å²) in [5.74, 6) is -0.702. The van der Waals surface area contributed by atoms with E-state index in [1.165, 1.54) is 11.3 Å². The minimum Gasteiger partial charge on any atom is -0.368 e. The van der Waals surface area contributed by atoms with Crippen LogP contribution in [0.3, 0.4) is 0 Å². The highest BCUT2D eigenvalue weighted by atomic mass is 32.2. The highest BCUT2D eigenvalue weighted by Crippen LogP contribution is 2.31. The lowest BCUT2D eigenvalue weighted by molar-refractivity contribution is -0.127. The number of imide groups is 1. The number of carbonyl (C=O) groups is 3. The molecule has 2 aliphatic rings. The van der Waals surface area contributed by atoms with Crippen LogP contribution in [0, 0.1) is 6.92 Å². The number of thioether (sulfide) groups is 1. The van der Waals surface area contributed by atoms with Gasteiger partial charge in [0.05, 0.1) is 10.6 Å². The molecule has 3 heterocycles. The third kappa shape index (κ3) is 4.69. The van der Waals surface area contributed by atoms with Crippen molar-refractivity contribution in [3.63, 3.8) is 0 Å². The van der Waals surface area contributed by atoms with E-state index in [1.54, 1.807) is 18.3 Å². The zero-order valence-electron chi connectivity index (χ0n) is 17.0. The topological polar surface area (TPSA) is 113 Å². The summed E-state index contributed by atoms with van der Waals surface area (Å²) < 4.78 is 0. The number of hydrogen-bond donors (Lipinski definition) is 1. The molecule has 0 bridgehead atoms. The summed E-state index contributed by atoms with van der Waals surface area (Å²) in [5.41, 5.74) is 8.07. The van der Waals surface area contributed by atoms with Gasteiger partial charge in [-0.1, -0.05) is 17.7 Å². The Hall–Kier alpha value is -3.40. The quantitative estimate of drug-likeness (QED) is 0.701. The number of hydrogen-bond acceptors (Lipinski definition) is 8. The maximum Gasteiger partial charge on any atom is 0.294 e. The van der Waals surface area contributed by atoms with Gasteiger partial charge >= 0.3 is 0 Å². The minimum absolute atomic E-state index is 0.208. The smallest absolute Gasteiger partial charge is 0.294 e. The van der Waals surface area contributed by atoms with E-state index >= 15 is 0 Å². The van der Waals surface area contributed by atoms with Gasteiger partial charge in [-0.2, -0.15) is 0 Å². The number of rotatable bonds is 5. The van der Waals surface area contributed by atoms with Crippen LogP contribution < -0.4 is 15.5 Å². The zero-order valence-corrected chi connectivity index (χ0v) is 17.8. The predicted molar refractivity (Wildman–Crippen MR) is 120 cm³/mol. The number of anilines is 2. The van der Waals surface area contributed by atoms with E-state index < -0.39 is 23.6 Å². The van der Waals surface area contributed by atoms with Crippen LogP contribution in [-0.4, -0.2) is 64.6 Å². The number of amides is 3. The molecule has 2 fully saturated rings. The van der Waals surface area contributed by atoms with Crippen molar-refractivity contribution >= 4 is 46.5 Å². The lowest BCUT2D eigenvalue weighted by atomic mass is 10.2. The summed E-state index contributed by atoms with van der Waals surface area (Å²) in [6.07, 6.45) is 3.17. The highest BCUT2D eigenvalue weighted by Gasteiger charge is 2.36. The SMILES string of the molecule is Cc1ccc(N2CCN(c3nccc(/C=C4/SC(=O)N(CC(N)=O)C4=O)n3)CC2)cc1. The molecule has 1 aromatic heterocycles. The van der Waals surface area contributed by atoms with E-state index in [1.807, 2.05) is 0 Å². The fourth-order valence-corrected chi connectivity index (χ4v) is 4.26. The van der Waals surface area contributed by atoms with Gasteiger partial charge in [0.25, 0.3) is 11.1 Å². The lowest BCUT2D eigenvalue weighted by Crippen LogP contribution is -2.47. The van der Waals surface area contributed by atoms with Gasteiger partial charge in [0.15, 0.2) is 0 Å². The first-order valence-corrected chi connectivity index (χ1v) is 10.7. The van der Waals surface area contributed by atoms with Crippen LogP contribution in [0.5, 0.6) is 0 Å². The van der Waals surface area contributed by atoms with Crippen molar-refractivity contribution in [2.75, 3.05) is 42.5 Å². The second kappa shape index (κ2) is 8.76. The van der Waals surface area contributed by atoms with Crippen molar-refractivity contribution in [2.24, 2.45) is 5.73 Å². The van der Waals surface area contributed by atoms with E-state index in [-0.39, 0.29) is 4.91 Å².